The first-order valence-electron chi connectivity index (χ1n) is 7.26. The first-order valence-corrected chi connectivity index (χ1v) is 8.59. The zero-order chi connectivity index (χ0) is 16.4. The van der Waals surface area contributed by atoms with E-state index in [1.54, 1.807) is 6.92 Å². The van der Waals surface area contributed by atoms with Gasteiger partial charge in [-0.15, -0.1) is 0 Å². The Labute approximate surface area is 130 Å². The van der Waals surface area contributed by atoms with Crippen LogP contribution in [-0.4, -0.2) is 69.9 Å². The molecule has 2 saturated heterocycles. The Morgan fingerprint density at radius 3 is 2.55 bits per heavy atom. The summed E-state index contributed by atoms with van der Waals surface area (Å²) in [6.07, 6.45) is 0.208. The third-order valence-corrected chi connectivity index (χ3v) is 5.17. The van der Waals surface area contributed by atoms with E-state index in [0.29, 0.717) is 26.3 Å². The average molecular weight is 337 g/mol. The van der Waals surface area contributed by atoms with E-state index in [4.69, 9.17) is 18.8 Å². The van der Waals surface area contributed by atoms with E-state index in [-0.39, 0.29) is 6.42 Å². The molecule has 3 N–H and O–H groups in total. The van der Waals surface area contributed by atoms with Crippen LogP contribution in [0.25, 0.3) is 0 Å². The summed E-state index contributed by atoms with van der Waals surface area (Å²) in [5.41, 5.74) is 2.41. The van der Waals surface area contributed by atoms with Gasteiger partial charge < -0.3 is 10.1 Å². The fourth-order valence-corrected chi connectivity index (χ4v) is 3.74. The maximum absolute atomic E-state index is 12.3. The van der Waals surface area contributed by atoms with E-state index < -0.39 is 27.6 Å². The van der Waals surface area contributed by atoms with Crippen LogP contribution in [0.1, 0.15) is 20.3 Å². The smallest absolute Gasteiger partial charge is 0.379 e. The van der Waals surface area contributed by atoms with Crippen molar-refractivity contribution < 1.29 is 26.3 Å². The molecule has 2 atom stereocenters. The van der Waals surface area contributed by atoms with Gasteiger partial charge in [-0.3, -0.25) is 15.4 Å². The number of nitrogens with zero attached hydrogens (tertiary/aromatic N) is 1. The molecule has 128 valence electrons. The van der Waals surface area contributed by atoms with Gasteiger partial charge in [0.15, 0.2) is 0 Å². The van der Waals surface area contributed by atoms with Gasteiger partial charge in [-0.2, -0.15) is 8.42 Å². The zero-order valence-corrected chi connectivity index (χ0v) is 13.6. The Morgan fingerprint density at radius 1 is 1.32 bits per heavy atom. The molecule has 2 aliphatic heterocycles. The fourth-order valence-electron chi connectivity index (χ4n) is 2.44. The van der Waals surface area contributed by atoms with Crippen LogP contribution >= 0.6 is 0 Å². The summed E-state index contributed by atoms with van der Waals surface area (Å²) < 4.78 is 37.9. The Kier molecular flexibility index (Phi) is 5.09. The first-order chi connectivity index (χ1) is 10.2. The second-order valence-corrected chi connectivity index (χ2v) is 6.75. The van der Waals surface area contributed by atoms with Crippen molar-refractivity contribution in [2.24, 2.45) is 5.73 Å². The van der Waals surface area contributed by atoms with Crippen molar-refractivity contribution in [1.82, 2.24) is 10.2 Å². The molecule has 22 heavy (non-hydrogen) atoms. The number of carbonyl (C=O) groups excluding carboxylic acids is 1. The predicted octanol–water partition coefficient (Wildman–Crippen LogP) is -1.45. The van der Waals surface area contributed by atoms with Crippen molar-refractivity contribution in [3.05, 3.63) is 0 Å². The molecule has 2 aliphatic rings. The lowest BCUT2D eigenvalue weighted by molar-refractivity contribution is -0.145. The highest BCUT2D eigenvalue weighted by Crippen LogP contribution is 2.39. The molecule has 1 amide bonds. The number of morpholine rings is 1. The van der Waals surface area contributed by atoms with Crippen molar-refractivity contribution in [3.8, 4) is 0 Å². The van der Waals surface area contributed by atoms with Gasteiger partial charge in [-0.05, 0) is 13.3 Å². The molecule has 0 spiro atoms. The van der Waals surface area contributed by atoms with Crippen LogP contribution in [0.5, 0.6) is 0 Å². The molecule has 0 unspecified atom stereocenters. The predicted molar refractivity (Wildman–Crippen MR) is 77.0 cm³/mol. The molecule has 0 bridgehead atoms. The number of hydrogen-bond acceptors (Lipinski definition) is 8. The van der Waals surface area contributed by atoms with Gasteiger partial charge in [-0.25, -0.2) is 8.37 Å². The van der Waals surface area contributed by atoms with Crippen molar-refractivity contribution in [2.45, 2.75) is 31.6 Å². The van der Waals surface area contributed by atoms with Gasteiger partial charge in [0.25, 0.3) is 5.91 Å². The van der Waals surface area contributed by atoms with Crippen LogP contribution in [0, 0.1) is 0 Å². The average Bonchev–Trinajstić information content (AvgIpc) is 2.66. The molecular formula is C12H23N3O6S. The van der Waals surface area contributed by atoms with E-state index in [0.717, 1.165) is 13.1 Å². The minimum absolute atomic E-state index is 0.208. The molecule has 0 saturated carbocycles. The van der Waals surface area contributed by atoms with Crippen LogP contribution in [0.3, 0.4) is 0 Å². The quantitative estimate of drug-likeness (QED) is 0.625. The summed E-state index contributed by atoms with van der Waals surface area (Å²) >= 11 is 0. The molecule has 2 rings (SSSR count). The normalized spacial score (nSPS) is 35.4. The van der Waals surface area contributed by atoms with Gasteiger partial charge in [0.1, 0.15) is 5.60 Å². The van der Waals surface area contributed by atoms with Gasteiger partial charge in [0, 0.05) is 26.2 Å². The highest BCUT2D eigenvalue weighted by Gasteiger charge is 2.63. The monoisotopic (exact) mass is 337 g/mol. The first kappa shape index (κ1) is 17.6. The number of amides is 1. The Hall–Kier alpha value is -0.780. The molecule has 2 fully saturated rings. The van der Waals surface area contributed by atoms with E-state index in [1.807, 2.05) is 0 Å². The summed E-state index contributed by atoms with van der Waals surface area (Å²) in [5.74, 6) is -0.703. The van der Waals surface area contributed by atoms with Crippen LogP contribution in [0.2, 0.25) is 0 Å². The van der Waals surface area contributed by atoms with Crippen molar-refractivity contribution in [2.75, 3.05) is 39.4 Å². The van der Waals surface area contributed by atoms with Crippen LogP contribution < -0.4 is 11.1 Å². The SMILES string of the molecule is CC[C@]1(C)OS(=O)(=O)O[C@]1(N)C(=O)NCCN1CCOCC1. The maximum atomic E-state index is 12.3. The standard InChI is InChI=1S/C12H23N3O6S/c1-3-11(2)12(13,21-22(17,18)20-11)10(16)14-4-5-15-6-8-19-9-7-15/h3-9,13H2,1-2H3,(H,14,16)/t11-,12+/m0/s1. The number of nitrogens with one attached hydrogen (secondary N) is 1. The lowest BCUT2D eigenvalue weighted by Gasteiger charge is -2.33. The lowest BCUT2D eigenvalue weighted by Crippen LogP contribution is -2.66. The van der Waals surface area contributed by atoms with Crippen LogP contribution in [0.15, 0.2) is 0 Å². The summed E-state index contributed by atoms with van der Waals surface area (Å²) in [6.45, 7) is 7.00. The second-order valence-electron chi connectivity index (χ2n) is 5.60. The van der Waals surface area contributed by atoms with Gasteiger partial charge in [0.2, 0.25) is 5.72 Å². The van der Waals surface area contributed by atoms with Crippen LogP contribution in [-0.2, 0) is 28.3 Å². The summed E-state index contributed by atoms with van der Waals surface area (Å²) in [5, 5.41) is 2.62. The molecule has 0 aromatic heterocycles. The molecule has 2 heterocycles. The number of hydrogen-bond donors (Lipinski definition) is 2. The van der Waals surface area contributed by atoms with E-state index in [1.165, 1.54) is 6.92 Å². The molecule has 10 heteroatoms. The third-order valence-electron chi connectivity index (χ3n) is 4.13. The summed E-state index contributed by atoms with van der Waals surface area (Å²) in [7, 11) is -4.28. The second kappa shape index (κ2) is 6.38. The van der Waals surface area contributed by atoms with Crippen molar-refractivity contribution >= 4 is 16.3 Å². The Bertz CT molecular complexity index is 521. The van der Waals surface area contributed by atoms with E-state index in [2.05, 4.69) is 10.2 Å². The summed E-state index contributed by atoms with van der Waals surface area (Å²) in [6, 6.07) is 0. The minimum atomic E-state index is -4.28. The Balaban J connectivity index is 1.95. The van der Waals surface area contributed by atoms with Gasteiger partial charge in [-0.1, -0.05) is 6.92 Å². The number of ether oxygens (including phenoxy) is 1. The lowest BCUT2D eigenvalue weighted by atomic mass is 9.89. The summed E-state index contributed by atoms with van der Waals surface area (Å²) in [4.78, 5) is 14.5. The van der Waals surface area contributed by atoms with E-state index in [9.17, 15) is 13.2 Å². The minimum Gasteiger partial charge on any atom is -0.379 e. The molecular weight excluding hydrogens is 314 g/mol. The fraction of sp³-hybridized carbons (Fsp3) is 0.917. The van der Waals surface area contributed by atoms with Gasteiger partial charge in [0.05, 0.1) is 13.2 Å². The molecule has 0 radical (unpaired) electrons. The molecule has 0 aliphatic carbocycles. The van der Waals surface area contributed by atoms with Gasteiger partial charge >= 0.3 is 10.4 Å². The van der Waals surface area contributed by atoms with Crippen LogP contribution in [0.4, 0.5) is 0 Å². The molecule has 9 nitrogen and oxygen atoms in total. The van der Waals surface area contributed by atoms with Crippen molar-refractivity contribution in [1.29, 1.82) is 0 Å². The van der Waals surface area contributed by atoms with Crippen molar-refractivity contribution in [3.63, 3.8) is 0 Å². The zero-order valence-electron chi connectivity index (χ0n) is 12.8. The number of rotatable bonds is 5. The Morgan fingerprint density at radius 2 is 1.95 bits per heavy atom. The maximum Gasteiger partial charge on any atom is 0.402 e. The number of nitrogens with two attached hydrogens (primary N) is 1. The largest absolute Gasteiger partial charge is 0.402 e. The molecule has 0 aromatic rings. The topological polar surface area (TPSA) is 120 Å². The van der Waals surface area contributed by atoms with E-state index >= 15 is 0 Å². The number of carbonyl (C=O) groups is 1. The highest BCUT2D eigenvalue weighted by atomic mass is 32.3. The highest BCUT2D eigenvalue weighted by molar-refractivity contribution is 7.82. The molecule has 0 aromatic carbocycles. The third kappa shape index (κ3) is 3.42.